The van der Waals surface area contributed by atoms with Crippen molar-refractivity contribution in [3.05, 3.63) is 59.2 Å². The van der Waals surface area contributed by atoms with E-state index in [1.54, 1.807) is 0 Å². The minimum absolute atomic E-state index is 0.0863. The largest absolute Gasteiger partial charge is 0.411 e. The van der Waals surface area contributed by atoms with Gasteiger partial charge in [0.15, 0.2) is 0 Å². The molecular formula is C22H25N3O2S. The highest BCUT2D eigenvalue weighted by molar-refractivity contribution is 8.00. The van der Waals surface area contributed by atoms with E-state index < -0.39 is 0 Å². The standard InChI is InChI=1S/C22H25N3O2S/c1-13(2)17-12-8-10-15(4)19(17)23-20(26)16(5)28-22-25-24-21(27-22)18-11-7-6-9-14(18)3/h6-13,16H,1-5H3,(H,23,26)/t16-/m0/s1. The van der Waals surface area contributed by atoms with Crippen LogP contribution in [-0.4, -0.2) is 21.4 Å². The first-order valence-corrected chi connectivity index (χ1v) is 10.2. The van der Waals surface area contributed by atoms with E-state index in [1.807, 2.05) is 57.2 Å². The second kappa shape index (κ2) is 8.61. The Morgan fingerprint density at radius 1 is 1.00 bits per heavy atom. The molecule has 146 valence electrons. The summed E-state index contributed by atoms with van der Waals surface area (Å²) in [7, 11) is 0. The molecule has 0 radical (unpaired) electrons. The van der Waals surface area contributed by atoms with Crippen LogP contribution in [0.2, 0.25) is 0 Å². The minimum atomic E-state index is -0.371. The molecule has 5 nitrogen and oxygen atoms in total. The molecular weight excluding hydrogens is 370 g/mol. The first-order valence-electron chi connectivity index (χ1n) is 9.33. The molecule has 0 unspecified atom stereocenters. The Bertz CT molecular complexity index is 981. The van der Waals surface area contributed by atoms with Crippen LogP contribution in [0.25, 0.3) is 11.5 Å². The molecule has 0 saturated carbocycles. The lowest BCUT2D eigenvalue weighted by Crippen LogP contribution is -2.23. The molecule has 0 bridgehead atoms. The van der Waals surface area contributed by atoms with E-state index in [0.29, 0.717) is 17.0 Å². The normalized spacial score (nSPS) is 12.2. The van der Waals surface area contributed by atoms with E-state index in [2.05, 4.69) is 35.4 Å². The molecule has 6 heteroatoms. The first-order chi connectivity index (χ1) is 13.4. The van der Waals surface area contributed by atoms with E-state index in [4.69, 9.17) is 4.42 Å². The summed E-state index contributed by atoms with van der Waals surface area (Å²) in [5.41, 5.74) is 5.04. The van der Waals surface area contributed by atoms with Crippen LogP contribution in [-0.2, 0) is 4.79 Å². The lowest BCUT2D eigenvalue weighted by atomic mass is 9.98. The number of para-hydroxylation sites is 1. The number of rotatable bonds is 6. The van der Waals surface area contributed by atoms with Crippen LogP contribution in [0.5, 0.6) is 0 Å². The fraction of sp³-hybridized carbons (Fsp3) is 0.318. The molecule has 1 amide bonds. The molecule has 2 aromatic carbocycles. The third-order valence-corrected chi connectivity index (χ3v) is 5.54. The van der Waals surface area contributed by atoms with Crippen LogP contribution >= 0.6 is 11.8 Å². The van der Waals surface area contributed by atoms with Crippen molar-refractivity contribution in [1.82, 2.24) is 10.2 Å². The lowest BCUT2D eigenvalue weighted by molar-refractivity contribution is -0.115. The van der Waals surface area contributed by atoms with Gasteiger partial charge in [-0.15, -0.1) is 10.2 Å². The number of nitrogens with zero attached hydrogens (tertiary/aromatic N) is 2. The third-order valence-electron chi connectivity index (χ3n) is 4.60. The number of carbonyl (C=O) groups excluding carboxylic acids is 1. The van der Waals surface area contributed by atoms with Gasteiger partial charge >= 0.3 is 0 Å². The molecule has 0 aliphatic heterocycles. The second-order valence-corrected chi connectivity index (χ2v) is 8.42. The van der Waals surface area contributed by atoms with Crippen molar-refractivity contribution in [2.75, 3.05) is 5.32 Å². The summed E-state index contributed by atoms with van der Waals surface area (Å²) in [6, 6.07) is 13.9. The Balaban J connectivity index is 1.72. The van der Waals surface area contributed by atoms with E-state index in [1.165, 1.54) is 11.8 Å². The SMILES string of the molecule is Cc1ccccc1-c1nnc(S[C@@H](C)C(=O)Nc2c(C)cccc2C(C)C)o1. The molecule has 3 rings (SSSR count). The first kappa shape index (κ1) is 20.1. The van der Waals surface area contributed by atoms with Crippen molar-refractivity contribution in [2.45, 2.75) is 51.0 Å². The Morgan fingerprint density at radius 3 is 2.43 bits per heavy atom. The van der Waals surface area contributed by atoms with E-state index in [9.17, 15) is 4.79 Å². The zero-order valence-electron chi connectivity index (χ0n) is 16.8. The molecule has 3 aromatic rings. The quantitative estimate of drug-likeness (QED) is 0.551. The number of anilines is 1. The van der Waals surface area contributed by atoms with E-state index in [-0.39, 0.29) is 11.2 Å². The average Bonchev–Trinajstić information content (AvgIpc) is 3.11. The Morgan fingerprint density at radius 2 is 1.71 bits per heavy atom. The highest BCUT2D eigenvalue weighted by atomic mass is 32.2. The molecule has 1 atom stereocenters. The summed E-state index contributed by atoms with van der Waals surface area (Å²) in [4.78, 5) is 12.8. The molecule has 1 heterocycles. The van der Waals surface area contributed by atoms with Crippen LogP contribution in [0, 0.1) is 13.8 Å². The molecule has 1 N–H and O–H groups in total. The van der Waals surface area contributed by atoms with Crippen LogP contribution in [0.15, 0.2) is 52.1 Å². The molecule has 0 aliphatic carbocycles. The van der Waals surface area contributed by atoms with Gasteiger partial charge in [0.05, 0.1) is 5.25 Å². The molecule has 0 spiro atoms. The topological polar surface area (TPSA) is 68.0 Å². The number of hydrogen-bond acceptors (Lipinski definition) is 5. The maximum atomic E-state index is 12.8. The molecule has 1 aromatic heterocycles. The predicted molar refractivity (Wildman–Crippen MR) is 114 cm³/mol. The number of carbonyl (C=O) groups is 1. The number of aromatic nitrogens is 2. The predicted octanol–water partition coefficient (Wildman–Crippen LogP) is 5.60. The second-order valence-electron chi connectivity index (χ2n) is 7.13. The maximum absolute atomic E-state index is 12.8. The van der Waals surface area contributed by atoms with Crippen molar-refractivity contribution in [3.63, 3.8) is 0 Å². The van der Waals surface area contributed by atoms with Gasteiger partial charge in [-0.05, 0) is 49.4 Å². The van der Waals surface area contributed by atoms with Gasteiger partial charge in [0, 0.05) is 11.3 Å². The zero-order valence-corrected chi connectivity index (χ0v) is 17.6. The monoisotopic (exact) mass is 395 g/mol. The summed E-state index contributed by atoms with van der Waals surface area (Å²) >= 11 is 1.26. The van der Waals surface area contributed by atoms with Crippen molar-refractivity contribution >= 4 is 23.4 Å². The average molecular weight is 396 g/mol. The van der Waals surface area contributed by atoms with Gasteiger partial charge in [-0.2, -0.15) is 0 Å². The minimum Gasteiger partial charge on any atom is -0.411 e. The lowest BCUT2D eigenvalue weighted by Gasteiger charge is -2.18. The number of nitrogens with one attached hydrogen (secondary N) is 1. The van der Waals surface area contributed by atoms with Gasteiger partial charge in [-0.3, -0.25) is 4.79 Å². The third kappa shape index (κ3) is 4.44. The van der Waals surface area contributed by atoms with Crippen molar-refractivity contribution in [1.29, 1.82) is 0 Å². The van der Waals surface area contributed by atoms with E-state index >= 15 is 0 Å². The number of thioether (sulfide) groups is 1. The van der Waals surface area contributed by atoms with Gasteiger partial charge in [0.1, 0.15) is 0 Å². The maximum Gasteiger partial charge on any atom is 0.277 e. The molecule has 0 fully saturated rings. The van der Waals surface area contributed by atoms with Gasteiger partial charge < -0.3 is 9.73 Å². The zero-order chi connectivity index (χ0) is 20.3. The highest BCUT2D eigenvalue weighted by Crippen LogP contribution is 2.30. The van der Waals surface area contributed by atoms with Gasteiger partial charge in [0.25, 0.3) is 5.22 Å². The molecule has 28 heavy (non-hydrogen) atoms. The van der Waals surface area contributed by atoms with Crippen LogP contribution < -0.4 is 5.32 Å². The summed E-state index contributed by atoms with van der Waals surface area (Å²) < 4.78 is 5.77. The van der Waals surface area contributed by atoms with Crippen LogP contribution in [0.1, 0.15) is 43.4 Å². The number of hydrogen-bond donors (Lipinski definition) is 1. The van der Waals surface area contributed by atoms with Crippen molar-refractivity contribution in [3.8, 4) is 11.5 Å². The van der Waals surface area contributed by atoms with Crippen molar-refractivity contribution < 1.29 is 9.21 Å². The van der Waals surface area contributed by atoms with Crippen LogP contribution in [0.4, 0.5) is 5.69 Å². The van der Waals surface area contributed by atoms with Gasteiger partial charge in [0.2, 0.25) is 11.8 Å². The summed E-state index contributed by atoms with van der Waals surface area (Å²) in [6.07, 6.45) is 0. The van der Waals surface area contributed by atoms with Crippen LogP contribution in [0.3, 0.4) is 0 Å². The smallest absolute Gasteiger partial charge is 0.277 e. The van der Waals surface area contributed by atoms with E-state index in [0.717, 1.165) is 27.9 Å². The molecule has 0 aliphatic rings. The Kier molecular flexibility index (Phi) is 6.19. The summed E-state index contributed by atoms with van der Waals surface area (Å²) in [5, 5.41) is 11.3. The van der Waals surface area contributed by atoms with Gasteiger partial charge in [-0.25, -0.2) is 0 Å². The number of aryl methyl sites for hydroxylation is 2. The number of amides is 1. The Labute approximate surface area is 170 Å². The van der Waals surface area contributed by atoms with Crippen molar-refractivity contribution in [2.24, 2.45) is 0 Å². The number of benzene rings is 2. The summed E-state index contributed by atoms with van der Waals surface area (Å²) in [6.45, 7) is 10.1. The summed E-state index contributed by atoms with van der Waals surface area (Å²) in [5.74, 6) is 0.705. The molecule has 0 saturated heterocycles. The highest BCUT2D eigenvalue weighted by Gasteiger charge is 2.21. The fourth-order valence-corrected chi connectivity index (χ4v) is 3.63. The Hall–Kier alpha value is -2.60. The fourth-order valence-electron chi connectivity index (χ4n) is 2.95. The van der Waals surface area contributed by atoms with Gasteiger partial charge in [-0.1, -0.05) is 62.0 Å².